The molecule has 5 rings (SSSR count). The van der Waals surface area contributed by atoms with Gasteiger partial charge < -0.3 is 4.90 Å². The molecule has 0 N–H and O–H groups in total. The Morgan fingerprint density at radius 2 is 1.53 bits per heavy atom. The zero-order valence-electron chi connectivity index (χ0n) is 16.1. The van der Waals surface area contributed by atoms with E-state index in [4.69, 9.17) is 0 Å². The van der Waals surface area contributed by atoms with Gasteiger partial charge in [0, 0.05) is 34.2 Å². The Hall–Kier alpha value is -3.32. The lowest BCUT2D eigenvalue weighted by molar-refractivity contribution is -0.384. The number of benzene rings is 3. The molecule has 0 radical (unpaired) electrons. The Labute approximate surface area is 178 Å². The summed E-state index contributed by atoms with van der Waals surface area (Å²) in [6, 6.07) is 22.1. The minimum Gasteiger partial charge on any atom is -0.359 e. The van der Waals surface area contributed by atoms with Gasteiger partial charge in [-0.1, -0.05) is 36.0 Å². The van der Waals surface area contributed by atoms with Gasteiger partial charge in [0.15, 0.2) is 0 Å². The van der Waals surface area contributed by atoms with Crippen LogP contribution in [-0.4, -0.2) is 23.4 Å². The molecule has 1 amide bonds. The summed E-state index contributed by atoms with van der Waals surface area (Å²) in [4.78, 5) is 30.5. The molecule has 0 unspecified atom stereocenters. The van der Waals surface area contributed by atoms with Crippen LogP contribution in [0.3, 0.4) is 0 Å². The number of nitro benzene ring substituents is 1. The number of anilines is 3. The number of carbonyl (C=O) groups excluding carboxylic acids is 1. The van der Waals surface area contributed by atoms with Gasteiger partial charge >= 0.3 is 0 Å². The number of amides is 1. The Morgan fingerprint density at radius 1 is 0.933 bits per heavy atom. The maximum atomic E-state index is 13.9. The van der Waals surface area contributed by atoms with Crippen LogP contribution in [0.2, 0.25) is 0 Å². The van der Waals surface area contributed by atoms with Crippen molar-refractivity contribution in [2.24, 2.45) is 0 Å². The van der Waals surface area contributed by atoms with Crippen LogP contribution in [-0.2, 0) is 4.79 Å². The van der Waals surface area contributed by atoms with E-state index < -0.39 is 4.92 Å². The molecule has 7 heteroatoms. The van der Waals surface area contributed by atoms with Gasteiger partial charge in [-0.3, -0.25) is 19.8 Å². The Kier molecular flexibility index (Phi) is 4.67. The summed E-state index contributed by atoms with van der Waals surface area (Å²) < 4.78 is 0. The largest absolute Gasteiger partial charge is 0.359 e. The minimum absolute atomic E-state index is 0.0334. The standard InChI is InChI=1S/C23H19N3O3S/c27-23(20-8-5-15-24(20)16-11-13-17(14-12-16)26(28)29)25-18-6-1-3-9-21(18)30-22-10-4-2-7-19(22)25/h1-4,6-7,9-14,20H,5,8,15H2/t20-/m0/s1. The summed E-state index contributed by atoms with van der Waals surface area (Å²) in [5.74, 6) is 0.0334. The van der Waals surface area contributed by atoms with Gasteiger partial charge in [-0.05, 0) is 49.2 Å². The van der Waals surface area contributed by atoms with E-state index in [2.05, 4.69) is 4.90 Å². The van der Waals surface area contributed by atoms with Gasteiger partial charge in [0.25, 0.3) is 11.6 Å². The molecule has 0 aromatic heterocycles. The van der Waals surface area contributed by atoms with E-state index in [-0.39, 0.29) is 17.6 Å². The van der Waals surface area contributed by atoms with E-state index in [9.17, 15) is 14.9 Å². The second kappa shape index (κ2) is 7.50. The van der Waals surface area contributed by atoms with E-state index in [1.165, 1.54) is 12.1 Å². The number of carbonyl (C=O) groups is 1. The van der Waals surface area contributed by atoms with Crippen molar-refractivity contribution in [2.75, 3.05) is 16.3 Å². The van der Waals surface area contributed by atoms with Crippen molar-refractivity contribution in [3.63, 3.8) is 0 Å². The van der Waals surface area contributed by atoms with Gasteiger partial charge in [0.05, 0.1) is 16.3 Å². The van der Waals surface area contributed by atoms with E-state index in [0.29, 0.717) is 0 Å². The van der Waals surface area contributed by atoms with Crippen molar-refractivity contribution in [2.45, 2.75) is 28.7 Å². The second-order valence-electron chi connectivity index (χ2n) is 7.34. The molecule has 6 nitrogen and oxygen atoms in total. The molecule has 0 spiro atoms. The van der Waals surface area contributed by atoms with Crippen molar-refractivity contribution in [3.05, 3.63) is 82.9 Å². The monoisotopic (exact) mass is 417 g/mol. The topological polar surface area (TPSA) is 66.7 Å². The molecule has 0 saturated carbocycles. The van der Waals surface area contributed by atoms with Crippen LogP contribution >= 0.6 is 11.8 Å². The van der Waals surface area contributed by atoms with Gasteiger partial charge in [-0.15, -0.1) is 0 Å². The molecule has 1 fully saturated rings. The Balaban J connectivity index is 1.52. The molecule has 0 bridgehead atoms. The summed E-state index contributed by atoms with van der Waals surface area (Å²) >= 11 is 1.68. The molecule has 0 aliphatic carbocycles. The second-order valence-corrected chi connectivity index (χ2v) is 8.42. The smallest absolute Gasteiger partial charge is 0.269 e. The fraction of sp³-hybridized carbons (Fsp3) is 0.174. The quantitative estimate of drug-likeness (QED) is 0.422. The number of hydrogen-bond donors (Lipinski definition) is 0. The van der Waals surface area contributed by atoms with Gasteiger partial charge in [0.1, 0.15) is 6.04 Å². The predicted molar refractivity (Wildman–Crippen MR) is 118 cm³/mol. The molecular formula is C23H19N3O3S. The van der Waals surface area contributed by atoms with Crippen LogP contribution < -0.4 is 9.80 Å². The molecule has 3 aromatic carbocycles. The third kappa shape index (κ3) is 3.11. The van der Waals surface area contributed by atoms with Crippen LogP contribution in [0.25, 0.3) is 0 Å². The summed E-state index contributed by atoms with van der Waals surface area (Å²) in [6.07, 6.45) is 1.66. The summed E-state index contributed by atoms with van der Waals surface area (Å²) in [7, 11) is 0. The van der Waals surface area contributed by atoms with Crippen molar-refractivity contribution in [3.8, 4) is 0 Å². The van der Waals surface area contributed by atoms with Crippen molar-refractivity contribution in [1.82, 2.24) is 0 Å². The van der Waals surface area contributed by atoms with Crippen molar-refractivity contribution < 1.29 is 9.72 Å². The number of fused-ring (bicyclic) bond motifs is 2. The molecule has 30 heavy (non-hydrogen) atoms. The fourth-order valence-corrected chi connectivity index (χ4v) is 5.25. The van der Waals surface area contributed by atoms with Gasteiger partial charge in [0.2, 0.25) is 0 Å². The van der Waals surface area contributed by atoms with Gasteiger partial charge in [-0.25, -0.2) is 0 Å². The number of para-hydroxylation sites is 2. The molecule has 2 aliphatic heterocycles. The minimum atomic E-state index is -0.407. The van der Waals surface area contributed by atoms with Crippen LogP contribution in [0, 0.1) is 10.1 Å². The predicted octanol–water partition coefficient (Wildman–Crippen LogP) is 5.39. The third-order valence-electron chi connectivity index (χ3n) is 5.58. The van der Waals surface area contributed by atoms with Crippen molar-refractivity contribution >= 4 is 40.4 Å². The first-order chi connectivity index (χ1) is 14.6. The lowest BCUT2D eigenvalue weighted by Gasteiger charge is -2.35. The highest BCUT2D eigenvalue weighted by Crippen LogP contribution is 2.48. The molecule has 2 heterocycles. The van der Waals surface area contributed by atoms with E-state index >= 15 is 0 Å². The first kappa shape index (κ1) is 18.7. The summed E-state index contributed by atoms with van der Waals surface area (Å²) in [5, 5.41) is 11.0. The molecule has 2 aliphatic rings. The maximum Gasteiger partial charge on any atom is 0.269 e. The number of rotatable bonds is 3. The Morgan fingerprint density at radius 3 is 2.13 bits per heavy atom. The highest BCUT2D eigenvalue weighted by Gasteiger charge is 2.38. The zero-order valence-corrected chi connectivity index (χ0v) is 16.9. The van der Waals surface area contributed by atoms with E-state index in [0.717, 1.165) is 46.2 Å². The molecule has 150 valence electrons. The average Bonchev–Trinajstić information content (AvgIpc) is 3.27. The van der Waals surface area contributed by atoms with Crippen molar-refractivity contribution in [1.29, 1.82) is 0 Å². The summed E-state index contributed by atoms with van der Waals surface area (Å²) in [6.45, 7) is 0.750. The van der Waals surface area contributed by atoms with Gasteiger partial charge in [-0.2, -0.15) is 0 Å². The zero-order chi connectivity index (χ0) is 20.7. The first-order valence-electron chi connectivity index (χ1n) is 9.84. The molecular weight excluding hydrogens is 398 g/mol. The average molecular weight is 417 g/mol. The number of hydrogen-bond acceptors (Lipinski definition) is 5. The SMILES string of the molecule is O=C([C@@H]1CCCN1c1ccc([N+](=O)[O-])cc1)N1c2ccccc2Sc2ccccc21. The van der Waals surface area contributed by atoms with Crippen LogP contribution in [0.4, 0.5) is 22.7 Å². The molecule has 1 atom stereocenters. The number of nitro groups is 1. The van der Waals surface area contributed by atoms with E-state index in [1.807, 2.05) is 53.4 Å². The molecule has 1 saturated heterocycles. The van der Waals surface area contributed by atoms with Crippen LogP contribution in [0.1, 0.15) is 12.8 Å². The van der Waals surface area contributed by atoms with E-state index in [1.54, 1.807) is 23.9 Å². The third-order valence-corrected chi connectivity index (χ3v) is 6.71. The molecule has 3 aromatic rings. The fourth-order valence-electron chi connectivity index (χ4n) is 4.19. The maximum absolute atomic E-state index is 13.9. The number of non-ortho nitro benzene ring substituents is 1. The lowest BCUT2D eigenvalue weighted by atomic mass is 10.1. The first-order valence-corrected chi connectivity index (χ1v) is 10.7. The normalized spacial score (nSPS) is 17.4. The van der Waals surface area contributed by atoms with Crippen LogP contribution in [0.15, 0.2) is 82.6 Å². The highest BCUT2D eigenvalue weighted by molar-refractivity contribution is 7.99. The summed E-state index contributed by atoms with van der Waals surface area (Å²) in [5.41, 5.74) is 2.70. The Bertz CT molecular complexity index is 1090. The van der Waals surface area contributed by atoms with Crippen LogP contribution in [0.5, 0.6) is 0 Å². The highest BCUT2D eigenvalue weighted by atomic mass is 32.2. The lowest BCUT2D eigenvalue weighted by Crippen LogP contribution is -2.44. The number of nitrogens with zero attached hydrogens (tertiary/aromatic N) is 3.